The van der Waals surface area contributed by atoms with Gasteiger partial charge in [0.05, 0.1) is 12.6 Å². The van der Waals surface area contributed by atoms with Crippen molar-refractivity contribution in [3.63, 3.8) is 0 Å². The molecule has 1 aliphatic rings. The van der Waals surface area contributed by atoms with Crippen LogP contribution in [0.4, 0.5) is 0 Å². The average molecular weight is 460 g/mol. The number of nitrogens with zero attached hydrogens (tertiary/aromatic N) is 3. The van der Waals surface area contributed by atoms with Gasteiger partial charge in [0.15, 0.2) is 5.96 Å². The van der Waals surface area contributed by atoms with Crippen LogP contribution < -0.4 is 5.32 Å². The fourth-order valence-electron chi connectivity index (χ4n) is 3.06. The number of aliphatic hydroxyl groups is 1. The molecular weight excluding hydrogens is 427 g/mol. The lowest BCUT2D eigenvalue weighted by Crippen LogP contribution is -2.40. The van der Waals surface area contributed by atoms with Crippen LogP contribution in [0.15, 0.2) is 29.3 Å². The summed E-state index contributed by atoms with van der Waals surface area (Å²) < 4.78 is 0. The SMILES string of the molecule is CCNC(=NCc1cccc(CN(CC)CC)c1)N1CC[C@@H](O)C1.I. The van der Waals surface area contributed by atoms with Gasteiger partial charge in [-0.3, -0.25) is 4.90 Å². The normalized spacial score (nSPS) is 17.7. The second-order valence-electron chi connectivity index (χ2n) is 6.34. The van der Waals surface area contributed by atoms with E-state index in [0.29, 0.717) is 13.1 Å². The number of guanidine groups is 1. The van der Waals surface area contributed by atoms with Crippen molar-refractivity contribution >= 4 is 29.9 Å². The highest BCUT2D eigenvalue weighted by Crippen LogP contribution is 2.12. The number of benzene rings is 1. The largest absolute Gasteiger partial charge is 0.391 e. The first-order valence-corrected chi connectivity index (χ1v) is 9.17. The second-order valence-corrected chi connectivity index (χ2v) is 6.34. The highest BCUT2D eigenvalue weighted by atomic mass is 127. The number of rotatable bonds is 7. The van der Waals surface area contributed by atoms with Gasteiger partial charge in [0.1, 0.15) is 0 Å². The summed E-state index contributed by atoms with van der Waals surface area (Å²) in [6.45, 7) is 12.7. The molecule has 1 aliphatic heterocycles. The van der Waals surface area contributed by atoms with Gasteiger partial charge in [-0.2, -0.15) is 0 Å². The summed E-state index contributed by atoms with van der Waals surface area (Å²) in [6.07, 6.45) is 0.593. The topological polar surface area (TPSA) is 51.1 Å². The summed E-state index contributed by atoms with van der Waals surface area (Å²) >= 11 is 0. The van der Waals surface area contributed by atoms with Crippen LogP contribution in [-0.4, -0.2) is 59.7 Å². The fraction of sp³-hybridized carbons (Fsp3) is 0.632. The molecule has 25 heavy (non-hydrogen) atoms. The Morgan fingerprint density at radius 2 is 2.00 bits per heavy atom. The molecule has 0 saturated carbocycles. The van der Waals surface area contributed by atoms with Gasteiger partial charge in [-0.1, -0.05) is 38.1 Å². The van der Waals surface area contributed by atoms with Crippen molar-refractivity contribution < 1.29 is 5.11 Å². The van der Waals surface area contributed by atoms with Gasteiger partial charge in [0.25, 0.3) is 0 Å². The molecule has 6 heteroatoms. The Balaban J connectivity index is 0.00000312. The van der Waals surface area contributed by atoms with E-state index in [1.807, 2.05) is 0 Å². The number of likely N-dealkylation sites (tertiary alicyclic amines) is 1. The number of β-amino-alcohol motifs (C(OH)–C–C–N with tert-alkyl or cyclic N) is 1. The van der Waals surface area contributed by atoms with Crippen molar-refractivity contribution in [2.24, 2.45) is 4.99 Å². The second kappa shape index (κ2) is 11.7. The maximum Gasteiger partial charge on any atom is 0.194 e. The first kappa shape index (κ1) is 22.2. The summed E-state index contributed by atoms with van der Waals surface area (Å²) in [7, 11) is 0. The number of nitrogens with one attached hydrogen (secondary N) is 1. The third kappa shape index (κ3) is 7.11. The highest BCUT2D eigenvalue weighted by molar-refractivity contribution is 14.0. The molecule has 0 spiro atoms. The molecule has 0 radical (unpaired) electrons. The molecule has 1 fully saturated rings. The Morgan fingerprint density at radius 1 is 1.28 bits per heavy atom. The zero-order valence-corrected chi connectivity index (χ0v) is 18.1. The van der Waals surface area contributed by atoms with E-state index in [0.717, 1.165) is 45.1 Å². The zero-order valence-electron chi connectivity index (χ0n) is 15.7. The molecule has 2 rings (SSSR count). The van der Waals surface area contributed by atoms with Gasteiger partial charge < -0.3 is 15.3 Å². The van der Waals surface area contributed by atoms with Crippen molar-refractivity contribution in [2.45, 2.75) is 46.4 Å². The minimum atomic E-state index is -0.230. The molecule has 1 heterocycles. The van der Waals surface area contributed by atoms with E-state index < -0.39 is 0 Å². The molecule has 1 saturated heterocycles. The fourth-order valence-corrected chi connectivity index (χ4v) is 3.06. The number of halogens is 1. The number of aliphatic imine (C=N–C) groups is 1. The minimum Gasteiger partial charge on any atom is -0.391 e. The Kier molecular flexibility index (Phi) is 10.4. The van der Waals surface area contributed by atoms with Crippen LogP contribution in [0.25, 0.3) is 0 Å². The maximum atomic E-state index is 9.74. The maximum absolute atomic E-state index is 9.74. The van der Waals surface area contributed by atoms with Crippen LogP contribution >= 0.6 is 24.0 Å². The van der Waals surface area contributed by atoms with E-state index in [1.54, 1.807) is 0 Å². The van der Waals surface area contributed by atoms with Gasteiger partial charge >= 0.3 is 0 Å². The van der Waals surface area contributed by atoms with Gasteiger partial charge in [0, 0.05) is 26.2 Å². The summed E-state index contributed by atoms with van der Waals surface area (Å²) in [4.78, 5) is 9.33. The van der Waals surface area contributed by atoms with Crippen molar-refractivity contribution in [1.29, 1.82) is 0 Å². The van der Waals surface area contributed by atoms with Gasteiger partial charge in [-0.05, 0) is 37.6 Å². The van der Waals surface area contributed by atoms with Gasteiger partial charge in [-0.25, -0.2) is 4.99 Å². The van der Waals surface area contributed by atoms with E-state index in [-0.39, 0.29) is 30.1 Å². The average Bonchev–Trinajstić information content (AvgIpc) is 3.03. The number of aliphatic hydroxyl groups excluding tert-OH is 1. The van der Waals surface area contributed by atoms with Crippen LogP contribution in [0, 0.1) is 0 Å². The molecule has 0 aromatic heterocycles. The predicted molar refractivity (Wildman–Crippen MR) is 115 cm³/mol. The molecule has 1 aromatic carbocycles. The Hall–Kier alpha value is -0.860. The molecule has 1 atom stereocenters. The van der Waals surface area contributed by atoms with E-state index in [2.05, 4.69) is 60.2 Å². The molecule has 5 nitrogen and oxygen atoms in total. The Labute approximate surface area is 169 Å². The highest BCUT2D eigenvalue weighted by Gasteiger charge is 2.22. The summed E-state index contributed by atoms with van der Waals surface area (Å²) in [5.41, 5.74) is 2.57. The molecule has 0 unspecified atom stereocenters. The van der Waals surface area contributed by atoms with Gasteiger partial charge in [0.2, 0.25) is 0 Å². The lowest BCUT2D eigenvalue weighted by Gasteiger charge is -2.21. The molecule has 0 amide bonds. The molecular formula is C19H33IN4O. The molecule has 0 bridgehead atoms. The summed E-state index contributed by atoms with van der Waals surface area (Å²) in [6, 6.07) is 8.70. The lowest BCUT2D eigenvalue weighted by atomic mass is 10.1. The smallest absolute Gasteiger partial charge is 0.194 e. The lowest BCUT2D eigenvalue weighted by molar-refractivity contribution is 0.188. The van der Waals surface area contributed by atoms with Crippen LogP contribution in [0.1, 0.15) is 38.3 Å². The summed E-state index contributed by atoms with van der Waals surface area (Å²) in [5, 5.41) is 13.1. The van der Waals surface area contributed by atoms with Gasteiger partial charge in [-0.15, -0.1) is 24.0 Å². The van der Waals surface area contributed by atoms with Crippen LogP contribution in [0.2, 0.25) is 0 Å². The molecule has 2 N–H and O–H groups in total. The monoisotopic (exact) mass is 460 g/mol. The predicted octanol–water partition coefficient (Wildman–Crippen LogP) is 2.68. The first-order valence-electron chi connectivity index (χ1n) is 9.17. The summed E-state index contributed by atoms with van der Waals surface area (Å²) in [5.74, 6) is 0.906. The Morgan fingerprint density at radius 3 is 2.60 bits per heavy atom. The van der Waals surface area contributed by atoms with Crippen molar-refractivity contribution in [1.82, 2.24) is 15.1 Å². The van der Waals surface area contributed by atoms with E-state index in [1.165, 1.54) is 11.1 Å². The van der Waals surface area contributed by atoms with Crippen LogP contribution in [0.5, 0.6) is 0 Å². The first-order chi connectivity index (χ1) is 11.7. The quantitative estimate of drug-likeness (QED) is 0.373. The standard InChI is InChI=1S/C19H32N4O.HI/c1-4-20-19(23-11-10-18(24)15-23)21-13-16-8-7-9-17(12-16)14-22(5-2)6-3;/h7-9,12,18,24H,4-6,10-11,13-15H2,1-3H3,(H,20,21);1H/t18-;/m1./s1. The number of hydrogen-bond acceptors (Lipinski definition) is 3. The zero-order chi connectivity index (χ0) is 17.4. The minimum absolute atomic E-state index is 0. The number of hydrogen-bond donors (Lipinski definition) is 2. The molecule has 0 aliphatic carbocycles. The van der Waals surface area contributed by atoms with Crippen molar-refractivity contribution in [3.8, 4) is 0 Å². The van der Waals surface area contributed by atoms with Crippen LogP contribution in [-0.2, 0) is 13.1 Å². The van der Waals surface area contributed by atoms with Crippen LogP contribution in [0.3, 0.4) is 0 Å². The van der Waals surface area contributed by atoms with E-state index >= 15 is 0 Å². The molecule has 1 aromatic rings. The van der Waals surface area contributed by atoms with Crippen molar-refractivity contribution in [3.05, 3.63) is 35.4 Å². The van der Waals surface area contributed by atoms with E-state index in [4.69, 9.17) is 4.99 Å². The van der Waals surface area contributed by atoms with E-state index in [9.17, 15) is 5.11 Å². The van der Waals surface area contributed by atoms with Crippen molar-refractivity contribution in [2.75, 3.05) is 32.7 Å². The third-order valence-electron chi connectivity index (χ3n) is 4.50. The third-order valence-corrected chi connectivity index (χ3v) is 4.50. The molecule has 142 valence electrons. The Bertz CT molecular complexity index is 534.